The summed E-state index contributed by atoms with van der Waals surface area (Å²) >= 11 is 0. The lowest BCUT2D eigenvalue weighted by molar-refractivity contribution is -0.149. The van der Waals surface area contributed by atoms with Crippen LogP contribution in [0.4, 0.5) is 0 Å². The highest BCUT2D eigenvalue weighted by atomic mass is 16.5. The van der Waals surface area contributed by atoms with Gasteiger partial charge in [0.25, 0.3) is 0 Å². The molecule has 2 aliphatic rings. The fraction of sp³-hybridized carbons (Fsp3) is 0.448. The SMILES string of the molecule is CCOC(=O)C1CCN(Cc2c(O)cc(C)c3c2O/C(=C/c2ccc(C(C)(C)C)cc2)C3=O)CC1. The van der Waals surface area contributed by atoms with E-state index in [1.54, 1.807) is 12.1 Å². The fourth-order valence-corrected chi connectivity index (χ4v) is 4.77. The molecule has 6 heteroatoms. The summed E-state index contributed by atoms with van der Waals surface area (Å²) in [7, 11) is 0. The van der Waals surface area contributed by atoms with Crippen LogP contribution in [-0.2, 0) is 21.5 Å². The fourth-order valence-electron chi connectivity index (χ4n) is 4.77. The monoisotopic (exact) mass is 477 g/mol. The number of rotatable bonds is 5. The van der Waals surface area contributed by atoms with Gasteiger partial charge in [-0.05, 0) is 74.0 Å². The molecule has 0 spiro atoms. The Morgan fingerprint density at radius 2 is 1.86 bits per heavy atom. The van der Waals surface area contributed by atoms with Crippen molar-refractivity contribution in [3.05, 3.63) is 63.9 Å². The highest BCUT2D eigenvalue weighted by Crippen LogP contribution is 2.42. The van der Waals surface area contributed by atoms with Gasteiger partial charge >= 0.3 is 5.97 Å². The van der Waals surface area contributed by atoms with E-state index in [0.717, 1.165) is 5.56 Å². The Morgan fingerprint density at radius 3 is 2.46 bits per heavy atom. The van der Waals surface area contributed by atoms with Crippen molar-refractivity contribution < 1.29 is 24.2 Å². The van der Waals surface area contributed by atoms with Crippen molar-refractivity contribution >= 4 is 17.8 Å². The van der Waals surface area contributed by atoms with Crippen LogP contribution in [0.1, 0.15) is 73.1 Å². The molecule has 0 amide bonds. The van der Waals surface area contributed by atoms with E-state index in [-0.39, 0.29) is 34.6 Å². The third-order valence-electron chi connectivity index (χ3n) is 6.88. The molecule has 0 radical (unpaired) electrons. The number of ketones is 1. The lowest BCUT2D eigenvalue weighted by atomic mass is 9.86. The van der Waals surface area contributed by atoms with Gasteiger partial charge in [-0.3, -0.25) is 14.5 Å². The van der Waals surface area contributed by atoms with Crippen molar-refractivity contribution in [1.82, 2.24) is 4.90 Å². The van der Waals surface area contributed by atoms with Crippen molar-refractivity contribution in [2.24, 2.45) is 5.92 Å². The summed E-state index contributed by atoms with van der Waals surface area (Å²) in [6.07, 6.45) is 3.19. The summed E-state index contributed by atoms with van der Waals surface area (Å²) in [5, 5.41) is 10.8. The van der Waals surface area contributed by atoms with E-state index in [0.29, 0.717) is 61.5 Å². The zero-order valence-corrected chi connectivity index (χ0v) is 21.3. The van der Waals surface area contributed by atoms with Crippen molar-refractivity contribution in [2.75, 3.05) is 19.7 Å². The summed E-state index contributed by atoms with van der Waals surface area (Å²) in [5.41, 5.74) is 3.97. The molecule has 0 atom stereocenters. The number of aryl methyl sites for hydroxylation is 1. The molecule has 2 aromatic rings. The molecule has 0 saturated carbocycles. The van der Waals surface area contributed by atoms with Gasteiger partial charge in [0, 0.05) is 6.54 Å². The minimum atomic E-state index is -0.167. The lowest BCUT2D eigenvalue weighted by Crippen LogP contribution is -2.36. The molecule has 1 saturated heterocycles. The Kier molecular flexibility index (Phi) is 7.04. The minimum absolute atomic E-state index is 0.0515. The zero-order valence-electron chi connectivity index (χ0n) is 21.3. The smallest absolute Gasteiger partial charge is 0.309 e. The highest BCUT2D eigenvalue weighted by Gasteiger charge is 2.34. The second-order valence-corrected chi connectivity index (χ2v) is 10.5. The predicted molar refractivity (Wildman–Crippen MR) is 136 cm³/mol. The third kappa shape index (κ3) is 5.27. The van der Waals surface area contributed by atoms with Gasteiger partial charge in [-0.15, -0.1) is 0 Å². The van der Waals surface area contributed by atoms with Gasteiger partial charge in [-0.1, -0.05) is 45.0 Å². The number of Topliss-reactive ketones (excluding diaryl/α,β-unsaturated/α-hetero) is 1. The van der Waals surface area contributed by atoms with E-state index in [2.05, 4.69) is 37.8 Å². The first-order valence-corrected chi connectivity index (χ1v) is 12.4. The molecule has 2 heterocycles. The van der Waals surface area contributed by atoms with Crippen molar-refractivity contribution in [3.63, 3.8) is 0 Å². The molecule has 0 unspecified atom stereocenters. The molecule has 4 rings (SSSR count). The summed E-state index contributed by atoms with van der Waals surface area (Å²) in [6.45, 7) is 12.4. The van der Waals surface area contributed by atoms with E-state index >= 15 is 0 Å². The average Bonchev–Trinajstić information content (AvgIpc) is 3.13. The molecule has 0 aromatic heterocycles. The number of carbonyl (C=O) groups excluding carboxylic acids is 2. The molecule has 35 heavy (non-hydrogen) atoms. The summed E-state index contributed by atoms with van der Waals surface area (Å²) in [6, 6.07) is 9.77. The second kappa shape index (κ2) is 9.86. The zero-order chi connectivity index (χ0) is 25.3. The van der Waals surface area contributed by atoms with Crippen molar-refractivity contribution in [2.45, 2.75) is 59.4 Å². The van der Waals surface area contributed by atoms with Gasteiger partial charge in [-0.25, -0.2) is 0 Å². The van der Waals surface area contributed by atoms with Crippen LogP contribution in [0.5, 0.6) is 11.5 Å². The maximum absolute atomic E-state index is 13.2. The number of phenols is 1. The highest BCUT2D eigenvalue weighted by molar-refractivity contribution is 6.15. The Balaban J connectivity index is 1.54. The van der Waals surface area contributed by atoms with E-state index in [4.69, 9.17) is 9.47 Å². The van der Waals surface area contributed by atoms with E-state index in [1.165, 1.54) is 5.56 Å². The van der Waals surface area contributed by atoms with E-state index in [9.17, 15) is 14.7 Å². The second-order valence-electron chi connectivity index (χ2n) is 10.5. The minimum Gasteiger partial charge on any atom is -0.507 e. The third-order valence-corrected chi connectivity index (χ3v) is 6.88. The van der Waals surface area contributed by atoms with Gasteiger partial charge in [0.2, 0.25) is 5.78 Å². The standard InChI is InChI=1S/C29H35NO5/c1-6-34-28(33)20-11-13-30(14-12-20)17-22-23(31)15-18(2)25-26(32)24(35-27(22)25)16-19-7-9-21(10-8-19)29(3,4)5/h7-10,15-16,20,31H,6,11-14,17H2,1-5H3/b24-16+. The largest absolute Gasteiger partial charge is 0.507 e. The van der Waals surface area contributed by atoms with Crippen LogP contribution in [0.3, 0.4) is 0 Å². The Morgan fingerprint density at radius 1 is 1.20 bits per heavy atom. The average molecular weight is 478 g/mol. The molecule has 0 aliphatic carbocycles. The van der Waals surface area contributed by atoms with Crippen molar-refractivity contribution in [1.29, 1.82) is 0 Å². The normalized spacial score (nSPS) is 18.0. The predicted octanol–water partition coefficient (Wildman–Crippen LogP) is 5.39. The Labute approximate surface area is 207 Å². The Hall–Kier alpha value is -3.12. The van der Waals surface area contributed by atoms with Crippen LogP contribution >= 0.6 is 0 Å². The van der Waals surface area contributed by atoms with Crippen LogP contribution in [0, 0.1) is 12.8 Å². The van der Waals surface area contributed by atoms with Crippen LogP contribution in [-0.4, -0.2) is 41.5 Å². The molecule has 1 fully saturated rings. The summed E-state index contributed by atoms with van der Waals surface area (Å²) in [4.78, 5) is 27.5. The molecule has 186 valence electrons. The molecule has 2 aromatic carbocycles. The molecule has 0 bridgehead atoms. The van der Waals surface area contributed by atoms with Gasteiger partial charge < -0.3 is 14.6 Å². The van der Waals surface area contributed by atoms with Crippen LogP contribution < -0.4 is 4.74 Å². The molecule has 6 nitrogen and oxygen atoms in total. The van der Waals surface area contributed by atoms with Gasteiger partial charge in [-0.2, -0.15) is 0 Å². The lowest BCUT2D eigenvalue weighted by Gasteiger charge is -2.31. The molecular weight excluding hydrogens is 442 g/mol. The number of esters is 1. The molecule has 2 aliphatic heterocycles. The Bertz CT molecular complexity index is 1150. The van der Waals surface area contributed by atoms with Gasteiger partial charge in [0.1, 0.15) is 11.5 Å². The number of nitrogens with zero attached hydrogens (tertiary/aromatic N) is 1. The van der Waals surface area contributed by atoms with E-state index < -0.39 is 0 Å². The topological polar surface area (TPSA) is 76.1 Å². The maximum atomic E-state index is 13.2. The number of benzene rings is 2. The number of hydrogen-bond donors (Lipinski definition) is 1. The first-order valence-electron chi connectivity index (χ1n) is 12.4. The van der Waals surface area contributed by atoms with Gasteiger partial charge in [0.05, 0.1) is 23.7 Å². The number of ether oxygens (including phenoxy) is 2. The number of piperidine rings is 1. The first-order chi connectivity index (χ1) is 16.6. The van der Waals surface area contributed by atoms with Gasteiger partial charge in [0.15, 0.2) is 5.76 Å². The van der Waals surface area contributed by atoms with Crippen LogP contribution in [0.15, 0.2) is 36.1 Å². The first kappa shape index (κ1) is 25.0. The van der Waals surface area contributed by atoms with Crippen LogP contribution in [0.2, 0.25) is 0 Å². The maximum Gasteiger partial charge on any atom is 0.309 e. The number of phenolic OH excluding ortho intramolecular Hbond substituents is 1. The number of likely N-dealkylation sites (tertiary alicyclic amines) is 1. The number of fused-ring (bicyclic) bond motifs is 1. The number of hydrogen-bond acceptors (Lipinski definition) is 6. The number of carbonyl (C=O) groups is 2. The quantitative estimate of drug-likeness (QED) is 0.460. The van der Waals surface area contributed by atoms with E-state index in [1.807, 2.05) is 26.0 Å². The molecule has 1 N–H and O–H groups in total. The molecular formula is C29H35NO5. The number of allylic oxidation sites excluding steroid dienone is 1. The summed E-state index contributed by atoms with van der Waals surface area (Å²) < 4.78 is 11.3. The number of aromatic hydroxyl groups is 1. The van der Waals surface area contributed by atoms with Crippen LogP contribution in [0.25, 0.3) is 6.08 Å². The summed E-state index contributed by atoms with van der Waals surface area (Å²) in [5.74, 6) is 0.445. The van der Waals surface area contributed by atoms with Crippen molar-refractivity contribution in [3.8, 4) is 11.5 Å².